The van der Waals surface area contributed by atoms with Gasteiger partial charge in [-0.3, -0.25) is 4.79 Å². The van der Waals surface area contributed by atoms with Gasteiger partial charge in [0.15, 0.2) is 0 Å². The number of aromatic nitrogens is 1. The molecule has 0 radical (unpaired) electrons. The summed E-state index contributed by atoms with van der Waals surface area (Å²) in [4.78, 5) is 13.6. The third-order valence-electron chi connectivity index (χ3n) is 1.31. The third-order valence-corrected chi connectivity index (χ3v) is 1.31. The molecule has 11 heavy (non-hydrogen) atoms. The van der Waals surface area contributed by atoms with Crippen molar-refractivity contribution >= 4 is 5.91 Å². The minimum Gasteiger partial charge on any atom is -0.367 e. The van der Waals surface area contributed by atoms with E-state index in [1.807, 2.05) is 18.5 Å². The van der Waals surface area contributed by atoms with Gasteiger partial charge in [0.2, 0.25) is 5.91 Å². The predicted octanol–water partition coefficient (Wildman–Crippen LogP) is 0.817. The molecule has 0 aliphatic rings. The van der Waals surface area contributed by atoms with Gasteiger partial charge in [-0.05, 0) is 17.7 Å². The summed E-state index contributed by atoms with van der Waals surface area (Å²) in [6.45, 7) is 3.89. The fraction of sp³-hybridized carbons (Fsp3) is 0.125. The first-order valence-corrected chi connectivity index (χ1v) is 3.35. The van der Waals surface area contributed by atoms with E-state index in [4.69, 9.17) is 0 Å². The lowest BCUT2D eigenvalue weighted by molar-refractivity contribution is -0.116. The second-order valence-corrected chi connectivity index (χ2v) is 2.14. The summed E-state index contributed by atoms with van der Waals surface area (Å²) in [5.74, 6) is -0.147. The lowest BCUT2D eigenvalue weighted by Gasteiger charge is -1.97. The molecule has 1 amide bonds. The zero-order valence-corrected chi connectivity index (χ0v) is 6.13. The Balaban J connectivity index is 2.34. The Kier molecular flexibility index (Phi) is 2.49. The maximum absolute atomic E-state index is 10.7. The molecule has 0 bridgehead atoms. The summed E-state index contributed by atoms with van der Waals surface area (Å²) in [5.41, 5.74) is 1.06. The Morgan fingerprint density at radius 3 is 3.18 bits per heavy atom. The number of carbonyl (C=O) groups excluding carboxylic acids is 1. The van der Waals surface area contributed by atoms with Gasteiger partial charge in [-0.25, -0.2) is 0 Å². The van der Waals surface area contributed by atoms with Gasteiger partial charge in [0.05, 0.1) is 0 Å². The summed E-state index contributed by atoms with van der Waals surface area (Å²) >= 11 is 0. The van der Waals surface area contributed by atoms with Crippen molar-refractivity contribution in [2.75, 3.05) is 0 Å². The van der Waals surface area contributed by atoms with E-state index >= 15 is 0 Å². The van der Waals surface area contributed by atoms with E-state index in [0.29, 0.717) is 6.54 Å². The van der Waals surface area contributed by atoms with Crippen molar-refractivity contribution in [1.29, 1.82) is 0 Å². The Morgan fingerprint density at radius 2 is 2.64 bits per heavy atom. The van der Waals surface area contributed by atoms with Gasteiger partial charge in [0.25, 0.3) is 0 Å². The smallest absolute Gasteiger partial charge is 0.243 e. The number of hydrogen-bond donors (Lipinski definition) is 2. The highest BCUT2D eigenvalue weighted by Crippen LogP contribution is 1.94. The molecule has 0 fully saturated rings. The molecule has 0 aliphatic carbocycles. The molecule has 58 valence electrons. The largest absolute Gasteiger partial charge is 0.367 e. The quantitative estimate of drug-likeness (QED) is 0.615. The van der Waals surface area contributed by atoms with E-state index in [1.165, 1.54) is 6.08 Å². The minimum absolute atomic E-state index is 0.147. The van der Waals surface area contributed by atoms with Gasteiger partial charge in [-0.1, -0.05) is 6.58 Å². The van der Waals surface area contributed by atoms with Crippen LogP contribution < -0.4 is 5.32 Å². The van der Waals surface area contributed by atoms with Crippen LogP contribution in [-0.2, 0) is 11.3 Å². The van der Waals surface area contributed by atoms with Gasteiger partial charge in [0.1, 0.15) is 0 Å². The molecule has 1 aromatic heterocycles. The van der Waals surface area contributed by atoms with E-state index < -0.39 is 0 Å². The van der Waals surface area contributed by atoms with Crippen molar-refractivity contribution in [1.82, 2.24) is 10.3 Å². The SMILES string of the molecule is C=CC(=O)NCc1cc[nH]c1. The number of nitrogens with one attached hydrogen (secondary N) is 2. The fourth-order valence-electron chi connectivity index (χ4n) is 0.730. The number of amides is 1. The molecule has 0 aliphatic heterocycles. The molecule has 1 heterocycles. The second-order valence-electron chi connectivity index (χ2n) is 2.14. The molecule has 0 saturated heterocycles. The maximum atomic E-state index is 10.7. The maximum Gasteiger partial charge on any atom is 0.243 e. The Morgan fingerprint density at radius 1 is 1.82 bits per heavy atom. The van der Waals surface area contributed by atoms with E-state index in [9.17, 15) is 4.79 Å². The van der Waals surface area contributed by atoms with E-state index in [1.54, 1.807) is 0 Å². The first-order valence-electron chi connectivity index (χ1n) is 3.35. The van der Waals surface area contributed by atoms with Crippen LogP contribution in [-0.4, -0.2) is 10.9 Å². The number of H-pyrrole nitrogens is 1. The number of rotatable bonds is 3. The van der Waals surface area contributed by atoms with Gasteiger partial charge in [-0.15, -0.1) is 0 Å². The zero-order chi connectivity index (χ0) is 8.10. The number of carbonyl (C=O) groups is 1. The molecule has 2 N–H and O–H groups in total. The average molecular weight is 150 g/mol. The Hall–Kier alpha value is -1.51. The molecule has 1 rings (SSSR count). The summed E-state index contributed by atoms with van der Waals surface area (Å²) in [6, 6.07) is 1.91. The molecule has 3 heteroatoms. The van der Waals surface area contributed by atoms with Crippen molar-refractivity contribution in [2.45, 2.75) is 6.54 Å². The van der Waals surface area contributed by atoms with Crippen LogP contribution in [0.1, 0.15) is 5.56 Å². The Labute approximate surface area is 65.1 Å². The summed E-state index contributed by atoms with van der Waals surface area (Å²) < 4.78 is 0. The first kappa shape index (κ1) is 7.60. The zero-order valence-electron chi connectivity index (χ0n) is 6.13. The molecule has 1 aromatic rings. The normalized spacial score (nSPS) is 9.09. The summed E-state index contributed by atoms with van der Waals surface area (Å²) in [5, 5.41) is 2.66. The number of aromatic amines is 1. The average Bonchev–Trinajstić information content (AvgIpc) is 2.52. The lowest BCUT2D eigenvalue weighted by atomic mass is 10.3. The van der Waals surface area contributed by atoms with Crippen LogP contribution in [0, 0.1) is 0 Å². The molecule has 0 spiro atoms. The van der Waals surface area contributed by atoms with Gasteiger partial charge >= 0.3 is 0 Å². The highest BCUT2D eigenvalue weighted by atomic mass is 16.1. The van der Waals surface area contributed by atoms with Crippen molar-refractivity contribution in [3.8, 4) is 0 Å². The number of hydrogen-bond acceptors (Lipinski definition) is 1. The molecule has 0 saturated carbocycles. The van der Waals surface area contributed by atoms with Gasteiger partial charge in [0, 0.05) is 18.9 Å². The molecular formula is C8H10N2O. The standard InChI is InChI=1S/C8H10N2O/c1-2-8(11)10-6-7-3-4-9-5-7/h2-5,9H,1,6H2,(H,10,11). The highest BCUT2D eigenvalue weighted by Gasteiger charge is 1.94. The van der Waals surface area contributed by atoms with Crippen LogP contribution in [0.2, 0.25) is 0 Å². The van der Waals surface area contributed by atoms with Crippen LogP contribution >= 0.6 is 0 Å². The van der Waals surface area contributed by atoms with E-state index in [2.05, 4.69) is 16.9 Å². The highest BCUT2D eigenvalue weighted by molar-refractivity contribution is 5.86. The third kappa shape index (κ3) is 2.29. The monoisotopic (exact) mass is 150 g/mol. The fourth-order valence-corrected chi connectivity index (χ4v) is 0.730. The van der Waals surface area contributed by atoms with Crippen LogP contribution in [0.5, 0.6) is 0 Å². The first-order chi connectivity index (χ1) is 5.33. The lowest BCUT2D eigenvalue weighted by Crippen LogP contribution is -2.19. The molecular weight excluding hydrogens is 140 g/mol. The Bertz CT molecular complexity index is 239. The molecule has 0 unspecified atom stereocenters. The van der Waals surface area contributed by atoms with Crippen LogP contribution in [0.25, 0.3) is 0 Å². The van der Waals surface area contributed by atoms with E-state index in [0.717, 1.165) is 5.56 Å². The van der Waals surface area contributed by atoms with Crippen molar-refractivity contribution in [3.05, 3.63) is 36.7 Å². The molecule has 0 aromatic carbocycles. The van der Waals surface area contributed by atoms with Crippen molar-refractivity contribution in [2.24, 2.45) is 0 Å². The van der Waals surface area contributed by atoms with Crippen LogP contribution in [0.4, 0.5) is 0 Å². The summed E-state index contributed by atoms with van der Waals surface area (Å²) in [6.07, 6.45) is 4.91. The topological polar surface area (TPSA) is 44.9 Å². The molecule has 0 atom stereocenters. The van der Waals surface area contributed by atoms with Crippen LogP contribution in [0.3, 0.4) is 0 Å². The second kappa shape index (κ2) is 3.61. The van der Waals surface area contributed by atoms with E-state index in [-0.39, 0.29) is 5.91 Å². The molecule has 3 nitrogen and oxygen atoms in total. The predicted molar refractivity (Wildman–Crippen MR) is 42.8 cm³/mol. The van der Waals surface area contributed by atoms with Crippen molar-refractivity contribution < 1.29 is 4.79 Å². The summed E-state index contributed by atoms with van der Waals surface area (Å²) in [7, 11) is 0. The minimum atomic E-state index is -0.147. The van der Waals surface area contributed by atoms with Crippen LogP contribution in [0.15, 0.2) is 31.1 Å². The van der Waals surface area contributed by atoms with Gasteiger partial charge < -0.3 is 10.3 Å². The van der Waals surface area contributed by atoms with Crippen molar-refractivity contribution in [3.63, 3.8) is 0 Å². The van der Waals surface area contributed by atoms with Gasteiger partial charge in [-0.2, -0.15) is 0 Å².